The van der Waals surface area contributed by atoms with Gasteiger partial charge in [0.15, 0.2) is 5.84 Å². The third kappa shape index (κ3) is 4.26. The molecule has 19 heavy (non-hydrogen) atoms. The first-order valence-corrected chi connectivity index (χ1v) is 5.80. The van der Waals surface area contributed by atoms with Gasteiger partial charge in [0.2, 0.25) is 0 Å². The van der Waals surface area contributed by atoms with E-state index in [-0.39, 0.29) is 18.3 Å². The molecule has 0 unspecified atom stereocenters. The van der Waals surface area contributed by atoms with Crippen LogP contribution in [0, 0.1) is 0 Å². The Bertz CT molecular complexity index is 475. The van der Waals surface area contributed by atoms with Crippen molar-refractivity contribution in [3.63, 3.8) is 0 Å². The van der Waals surface area contributed by atoms with Gasteiger partial charge >= 0.3 is 0 Å². The van der Waals surface area contributed by atoms with E-state index in [0.29, 0.717) is 11.1 Å². The minimum absolute atomic E-state index is 0.0103. The van der Waals surface area contributed by atoms with Crippen molar-refractivity contribution in [1.29, 1.82) is 0 Å². The van der Waals surface area contributed by atoms with Gasteiger partial charge in [-0.2, -0.15) is 0 Å². The molecule has 1 aromatic carbocycles. The lowest BCUT2D eigenvalue weighted by Gasteiger charge is -2.25. The maximum absolute atomic E-state index is 12.1. The molecule has 0 fully saturated rings. The van der Waals surface area contributed by atoms with Crippen molar-refractivity contribution in [2.45, 2.75) is 19.4 Å². The molecule has 1 aromatic rings. The second kappa shape index (κ2) is 5.71. The van der Waals surface area contributed by atoms with Crippen molar-refractivity contribution in [1.82, 2.24) is 4.90 Å². The molecule has 0 aromatic heterocycles. The minimum atomic E-state index is -0.946. The summed E-state index contributed by atoms with van der Waals surface area (Å²) in [5, 5.41) is 21.1. The lowest BCUT2D eigenvalue weighted by atomic mass is 10.1. The van der Waals surface area contributed by atoms with Gasteiger partial charge in [-0.15, -0.1) is 0 Å². The topological polar surface area (TPSA) is 99.2 Å². The Hall–Kier alpha value is -2.08. The van der Waals surface area contributed by atoms with Crippen molar-refractivity contribution < 1.29 is 15.1 Å². The average Bonchev–Trinajstić information content (AvgIpc) is 2.35. The number of nitrogens with two attached hydrogens (primary N) is 1. The van der Waals surface area contributed by atoms with Crippen LogP contribution in [0.3, 0.4) is 0 Å². The van der Waals surface area contributed by atoms with Gasteiger partial charge in [0.05, 0.1) is 5.60 Å². The van der Waals surface area contributed by atoms with Crippen LogP contribution in [0.4, 0.5) is 0 Å². The normalized spacial score (nSPS) is 12.3. The minimum Gasteiger partial charge on any atom is -0.409 e. The van der Waals surface area contributed by atoms with Crippen molar-refractivity contribution in [3.8, 4) is 0 Å². The Morgan fingerprint density at radius 1 is 1.32 bits per heavy atom. The van der Waals surface area contributed by atoms with Crippen LogP contribution in [0.15, 0.2) is 29.4 Å². The molecule has 0 atom stereocenters. The molecular weight excluding hydrogens is 246 g/mol. The lowest BCUT2D eigenvalue weighted by molar-refractivity contribution is 0.0368. The molecule has 0 heterocycles. The van der Waals surface area contributed by atoms with E-state index in [1.165, 1.54) is 4.90 Å². The van der Waals surface area contributed by atoms with E-state index in [4.69, 9.17) is 10.9 Å². The highest BCUT2D eigenvalue weighted by Gasteiger charge is 2.20. The molecule has 0 saturated heterocycles. The number of benzene rings is 1. The molecule has 0 aliphatic rings. The Kier molecular flexibility index (Phi) is 4.50. The number of carbonyl (C=O) groups excluding carboxylic acids is 1. The molecule has 6 heteroatoms. The first-order valence-electron chi connectivity index (χ1n) is 5.80. The van der Waals surface area contributed by atoms with Crippen LogP contribution in [0.1, 0.15) is 29.8 Å². The molecule has 0 bridgehead atoms. The number of rotatable bonds is 4. The van der Waals surface area contributed by atoms with Crippen LogP contribution < -0.4 is 5.73 Å². The van der Waals surface area contributed by atoms with Crippen LogP contribution in [-0.2, 0) is 0 Å². The number of oxime groups is 1. The molecule has 1 rings (SSSR count). The molecule has 0 spiro atoms. The first-order chi connectivity index (χ1) is 8.74. The Balaban J connectivity index is 2.84. The zero-order valence-electron chi connectivity index (χ0n) is 11.3. The second-order valence-corrected chi connectivity index (χ2v) is 5.04. The number of nitrogens with zero attached hydrogens (tertiary/aromatic N) is 2. The van der Waals surface area contributed by atoms with Crippen LogP contribution in [0.25, 0.3) is 0 Å². The van der Waals surface area contributed by atoms with Gasteiger partial charge in [-0.3, -0.25) is 4.79 Å². The summed E-state index contributed by atoms with van der Waals surface area (Å²) in [6.45, 7) is 3.50. The van der Waals surface area contributed by atoms with Gasteiger partial charge in [-0.05, 0) is 26.0 Å². The van der Waals surface area contributed by atoms with Crippen LogP contribution in [-0.4, -0.2) is 46.1 Å². The smallest absolute Gasteiger partial charge is 0.253 e. The fourth-order valence-corrected chi connectivity index (χ4v) is 1.71. The summed E-state index contributed by atoms with van der Waals surface area (Å²) >= 11 is 0. The standard InChI is InChI=1S/C13H19N3O3/c1-13(2,18)8-16(3)12(17)10-6-4-9(5-7-10)11(14)15-19/h4-7,18-19H,8H2,1-3H3,(H2,14,15). The zero-order valence-corrected chi connectivity index (χ0v) is 11.3. The van der Waals surface area contributed by atoms with E-state index in [2.05, 4.69) is 5.16 Å². The average molecular weight is 265 g/mol. The first kappa shape index (κ1) is 15.0. The van der Waals surface area contributed by atoms with Crippen LogP contribution in [0.5, 0.6) is 0 Å². The van der Waals surface area contributed by atoms with Gasteiger partial charge in [-0.1, -0.05) is 17.3 Å². The zero-order chi connectivity index (χ0) is 14.6. The van der Waals surface area contributed by atoms with Crippen molar-refractivity contribution in [3.05, 3.63) is 35.4 Å². The molecular formula is C13H19N3O3. The number of amidine groups is 1. The van der Waals surface area contributed by atoms with E-state index < -0.39 is 5.60 Å². The Morgan fingerprint density at radius 2 is 1.79 bits per heavy atom. The quantitative estimate of drug-likeness (QED) is 0.322. The molecule has 0 radical (unpaired) electrons. The highest BCUT2D eigenvalue weighted by Crippen LogP contribution is 2.10. The maximum atomic E-state index is 12.1. The highest BCUT2D eigenvalue weighted by molar-refractivity contribution is 5.99. The van der Waals surface area contributed by atoms with E-state index in [1.807, 2.05) is 0 Å². The number of hydrogen-bond donors (Lipinski definition) is 3. The number of carbonyl (C=O) groups is 1. The lowest BCUT2D eigenvalue weighted by Crippen LogP contribution is -2.39. The predicted molar refractivity (Wildman–Crippen MR) is 72.2 cm³/mol. The fourth-order valence-electron chi connectivity index (χ4n) is 1.71. The predicted octanol–water partition coefficient (Wildman–Crippen LogP) is 0.624. The molecule has 6 nitrogen and oxygen atoms in total. The summed E-state index contributed by atoms with van der Waals surface area (Å²) < 4.78 is 0. The molecule has 104 valence electrons. The molecule has 0 saturated carbocycles. The molecule has 0 aliphatic heterocycles. The SMILES string of the molecule is CN(CC(C)(C)O)C(=O)c1ccc(C(N)=NO)cc1. The van der Waals surface area contributed by atoms with Crippen molar-refractivity contribution in [2.24, 2.45) is 10.9 Å². The van der Waals surface area contributed by atoms with E-state index in [1.54, 1.807) is 45.2 Å². The largest absolute Gasteiger partial charge is 0.409 e. The van der Waals surface area contributed by atoms with Crippen LogP contribution in [0.2, 0.25) is 0 Å². The van der Waals surface area contributed by atoms with Gasteiger partial charge in [-0.25, -0.2) is 0 Å². The fraction of sp³-hybridized carbons (Fsp3) is 0.385. The monoisotopic (exact) mass is 265 g/mol. The molecule has 0 aliphatic carbocycles. The van der Waals surface area contributed by atoms with Gasteiger partial charge in [0.25, 0.3) is 5.91 Å². The van der Waals surface area contributed by atoms with Crippen LogP contribution >= 0.6 is 0 Å². The molecule has 1 amide bonds. The van der Waals surface area contributed by atoms with Gasteiger partial charge in [0.1, 0.15) is 0 Å². The second-order valence-electron chi connectivity index (χ2n) is 5.04. The summed E-state index contributed by atoms with van der Waals surface area (Å²) in [5.74, 6) is -0.211. The Morgan fingerprint density at radius 3 is 2.21 bits per heavy atom. The maximum Gasteiger partial charge on any atom is 0.253 e. The van der Waals surface area contributed by atoms with Gasteiger partial charge in [0, 0.05) is 24.7 Å². The van der Waals surface area contributed by atoms with Gasteiger partial charge < -0.3 is 20.9 Å². The van der Waals surface area contributed by atoms with Crippen molar-refractivity contribution >= 4 is 11.7 Å². The number of amides is 1. The number of likely N-dealkylation sites (N-methyl/N-ethyl adjacent to an activating group) is 1. The Labute approximate surface area is 112 Å². The number of aliphatic hydroxyl groups is 1. The third-order valence-electron chi connectivity index (χ3n) is 2.51. The highest BCUT2D eigenvalue weighted by atomic mass is 16.4. The third-order valence-corrected chi connectivity index (χ3v) is 2.51. The summed E-state index contributed by atoms with van der Waals surface area (Å²) in [6.07, 6.45) is 0. The summed E-state index contributed by atoms with van der Waals surface area (Å²) in [4.78, 5) is 13.5. The van der Waals surface area contributed by atoms with E-state index in [9.17, 15) is 9.90 Å². The number of hydrogen-bond acceptors (Lipinski definition) is 4. The van der Waals surface area contributed by atoms with Crippen molar-refractivity contribution in [2.75, 3.05) is 13.6 Å². The summed E-state index contributed by atoms with van der Waals surface area (Å²) in [5.41, 5.74) is 5.49. The molecule has 4 N–H and O–H groups in total. The van der Waals surface area contributed by atoms with E-state index in [0.717, 1.165) is 0 Å². The summed E-state index contributed by atoms with van der Waals surface area (Å²) in [7, 11) is 1.62. The summed E-state index contributed by atoms with van der Waals surface area (Å²) in [6, 6.07) is 6.38. The van der Waals surface area contributed by atoms with E-state index >= 15 is 0 Å².